The van der Waals surface area contributed by atoms with Crippen molar-refractivity contribution in [1.29, 1.82) is 0 Å². The average molecular weight is 815 g/mol. The van der Waals surface area contributed by atoms with E-state index in [0.29, 0.717) is 5.56 Å². The van der Waals surface area contributed by atoms with Crippen molar-refractivity contribution < 1.29 is 27.2 Å². The number of aromatic nitrogens is 6. The standard InChI is InChI=1S/C16H14N2O3S.C16H12N2O2.C15H12N2O/c1-22(19,20)21-11-12-7-8-16-14(9-12)15(10-17-18-16)13-5-3-2-4-6-13;1-20-16(19)12-7-8-15-13(9-12)14(10-17-18-15)11-5-3-2-4-6-11;18-10-11-6-7-15-13(8-11)14(9-16-17-15)12-4-2-1-3-5-12/h2-10H,11H2,1H3;2-10H,1H3;1-9,18H,10H2. The quantitative estimate of drug-likeness (QED) is 0.115. The van der Waals surface area contributed by atoms with Gasteiger partial charge in [0.15, 0.2) is 0 Å². The smallest absolute Gasteiger partial charge is 0.337 e. The SMILES string of the molecule is COC(=O)c1ccc2nncc(-c3ccccc3)c2c1.CS(=O)(=O)OCc1ccc2nncc(-c3ccccc3)c2c1.OCc1ccc2nncc(-c3ccccc3)c2c1. The van der Waals surface area contributed by atoms with Crippen LogP contribution in [0.1, 0.15) is 21.5 Å². The summed E-state index contributed by atoms with van der Waals surface area (Å²) in [4.78, 5) is 11.6. The van der Waals surface area contributed by atoms with Gasteiger partial charge in [0.2, 0.25) is 0 Å². The Balaban J connectivity index is 0.000000137. The van der Waals surface area contributed by atoms with Crippen molar-refractivity contribution in [2.75, 3.05) is 13.4 Å². The number of ether oxygens (including phenoxy) is 1. The number of rotatable bonds is 8. The normalized spacial score (nSPS) is 11.0. The highest BCUT2D eigenvalue weighted by Gasteiger charge is 2.12. The van der Waals surface area contributed by atoms with E-state index in [1.807, 2.05) is 121 Å². The van der Waals surface area contributed by atoms with Crippen LogP contribution in [0.2, 0.25) is 0 Å². The fourth-order valence-corrected chi connectivity index (χ4v) is 6.77. The third kappa shape index (κ3) is 10.0. The molecule has 0 radical (unpaired) electrons. The van der Waals surface area contributed by atoms with Gasteiger partial charge in [0.1, 0.15) is 0 Å². The Bertz CT molecular complexity index is 3010. The molecule has 0 amide bonds. The predicted octanol–water partition coefficient (Wildman–Crippen LogP) is 8.65. The molecule has 0 unspecified atom stereocenters. The summed E-state index contributed by atoms with van der Waals surface area (Å²) in [5.41, 5.74) is 10.6. The maximum Gasteiger partial charge on any atom is 0.337 e. The molecule has 0 atom stereocenters. The monoisotopic (exact) mass is 814 g/mol. The molecule has 0 aliphatic carbocycles. The van der Waals surface area contributed by atoms with Crippen LogP contribution in [0.3, 0.4) is 0 Å². The third-order valence-electron chi connectivity index (χ3n) is 9.34. The second-order valence-electron chi connectivity index (χ2n) is 13.4. The molecule has 12 nitrogen and oxygen atoms in total. The van der Waals surface area contributed by atoms with E-state index in [9.17, 15) is 18.3 Å². The van der Waals surface area contributed by atoms with Crippen molar-refractivity contribution in [3.05, 3.63) is 181 Å². The van der Waals surface area contributed by atoms with Gasteiger partial charge in [-0.05, 0) is 70.3 Å². The van der Waals surface area contributed by atoms with Crippen LogP contribution in [0.25, 0.3) is 66.1 Å². The summed E-state index contributed by atoms with van der Waals surface area (Å²) in [6.45, 7) is 0.0395. The lowest BCUT2D eigenvalue weighted by atomic mass is 10.0. The second-order valence-corrected chi connectivity index (χ2v) is 15.1. The molecule has 3 heterocycles. The Morgan fingerprint density at radius 2 is 0.950 bits per heavy atom. The summed E-state index contributed by atoms with van der Waals surface area (Å²) < 4.78 is 31.8. The highest BCUT2D eigenvalue weighted by molar-refractivity contribution is 7.85. The third-order valence-corrected chi connectivity index (χ3v) is 9.89. The number of esters is 1. The van der Waals surface area contributed by atoms with Gasteiger partial charge in [-0.3, -0.25) is 4.18 Å². The summed E-state index contributed by atoms with van der Waals surface area (Å²) in [7, 11) is -2.10. The molecule has 0 saturated carbocycles. The van der Waals surface area contributed by atoms with Crippen LogP contribution in [0, 0.1) is 0 Å². The zero-order chi connectivity index (χ0) is 41.9. The Labute approximate surface area is 346 Å². The maximum absolute atomic E-state index is 11.6. The molecule has 0 aliphatic rings. The van der Waals surface area contributed by atoms with E-state index in [0.717, 1.165) is 83.5 Å². The number of hydrogen-bond acceptors (Lipinski definition) is 12. The van der Waals surface area contributed by atoms with Crippen molar-refractivity contribution >= 4 is 48.8 Å². The first-order chi connectivity index (χ1) is 29.2. The van der Waals surface area contributed by atoms with Gasteiger partial charge in [-0.15, -0.1) is 0 Å². The molecule has 6 aromatic carbocycles. The number of benzene rings is 6. The molecule has 3 aromatic heterocycles. The van der Waals surface area contributed by atoms with E-state index in [-0.39, 0.29) is 19.2 Å². The zero-order valence-corrected chi connectivity index (χ0v) is 33.4. The molecule has 0 spiro atoms. The number of fused-ring (bicyclic) bond motifs is 3. The largest absolute Gasteiger partial charge is 0.465 e. The molecule has 60 heavy (non-hydrogen) atoms. The maximum atomic E-state index is 11.6. The van der Waals surface area contributed by atoms with Crippen LogP contribution in [-0.2, 0) is 32.3 Å². The predicted molar refractivity (Wildman–Crippen MR) is 232 cm³/mol. The zero-order valence-electron chi connectivity index (χ0n) is 32.6. The van der Waals surface area contributed by atoms with E-state index in [1.165, 1.54) is 7.11 Å². The topological polar surface area (TPSA) is 167 Å². The Kier molecular flexibility index (Phi) is 12.9. The number of methoxy groups -OCH3 is 1. The molecular weight excluding hydrogens is 777 g/mol. The van der Waals surface area contributed by atoms with Gasteiger partial charge < -0.3 is 9.84 Å². The minimum Gasteiger partial charge on any atom is -0.465 e. The van der Waals surface area contributed by atoms with Crippen LogP contribution in [-0.4, -0.2) is 63.5 Å². The fourth-order valence-electron chi connectivity index (χ4n) is 6.42. The van der Waals surface area contributed by atoms with Crippen molar-refractivity contribution in [2.24, 2.45) is 0 Å². The highest BCUT2D eigenvalue weighted by Crippen LogP contribution is 2.30. The van der Waals surface area contributed by atoms with Crippen LogP contribution in [0.15, 0.2) is 164 Å². The van der Waals surface area contributed by atoms with Gasteiger partial charge >= 0.3 is 5.97 Å². The van der Waals surface area contributed by atoms with E-state index >= 15 is 0 Å². The van der Waals surface area contributed by atoms with Crippen LogP contribution < -0.4 is 0 Å². The fraction of sp³-hybridized carbons (Fsp3) is 0.0851. The molecule has 9 rings (SSSR count). The molecule has 1 N–H and O–H groups in total. The molecule has 9 aromatic rings. The Hall–Kier alpha value is -7.32. The molecule has 298 valence electrons. The lowest BCUT2D eigenvalue weighted by Crippen LogP contribution is -2.02. The van der Waals surface area contributed by atoms with Crippen LogP contribution in [0.5, 0.6) is 0 Å². The average Bonchev–Trinajstić information content (AvgIpc) is 3.30. The summed E-state index contributed by atoms with van der Waals surface area (Å²) in [6, 6.07) is 46.3. The lowest BCUT2D eigenvalue weighted by Gasteiger charge is -2.08. The minimum atomic E-state index is -3.47. The first-order valence-corrected chi connectivity index (χ1v) is 20.5. The van der Waals surface area contributed by atoms with Gasteiger partial charge in [-0.1, -0.05) is 103 Å². The highest BCUT2D eigenvalue weighted by atomic mass is 32.2. The molecule has 0 saturated heterocycles. The van der Waals surface area contributed by atoms with Crippen LogP contribution in [0.4, 0.5) is 0 Å². The summed E-state index contributed by atoms with van der Waals surface area (Å²) in [6.07, 6.45) is 6.21. The molecular formula is C47H38N6O6S. The summed E-state index contributed by atoms with van der Waals surface area (Å²) in [5.74, 6) is -0.359. The van der Waals surface area contributed by atoms with Crippen molar-refractivity contribution in [2.45, 2.75) is 13.2 Å². The molecule has 0 aliphatic heterocycles. The van der Waals surface area contributed by atoms with E-state index < -0.39 is 10.1 Å². The summed E-state index contributed by atoms with van der Waals surface area (Å²) >= 11 is 0. The number of aliphatic hydroxyl groups is 1. The first-order valence-electron chi connectivity index (χ1n) is 18.6. The molecule has 0 bridgehead atoms. The lowest BCUT2D eigenvalue weighted by molar-refractivity contribution is 0.0601. The van der Waals surface area contributed by atoms with E-state index in [4.69, 9.17) is 8.92 Å². The van der Waals surface area contributed by atoms with Gasteiger partial charge in [0.05, 0.1) is 67.3 Å². The minimum absolute atomic E-state index is 0.00528. The van der Waals surface area contributed by atoms with E-state index in [1.54, 1.807) is 42.9 Å². The second kappa shape index (κ2) is 19.0. The number of carbonyl (C=O) groups is 1. The van der Waals surface area contributed by atoms with E-state index in [2.05, 4.69) is 30.6 Å². The van der Waals surface area contributed by atoms with Gasteiger partial charge in [0.25, 0.3) is 10.1 Å². The van der Waals surface area contributed by atoms with Crippen molar-refractivity contribution in [3.63, 3.8) is 0 Å². The molecule has 13 heteroatoms. The Morgan fingerprint density at radius 3 is 1.37 bits per heavy atom. The number of carbonyl (C=O) groups excluding carboxylic acids is 1. The first kappa shape index (κ1) is 40.9. The van der Waals surface area contributed by atoms with Gasteiger partial charge in [-0.2, -0.15) is 39.0 Å². The van der Waals surface area contributed by atoms with Crippen LogP contribution >= 0.6 is 0 Å². The number of aliphatic hydroxyl groups excluding tert-OH is 1. The summed E-state index contributed by atoms with van der Waals surface area (Å²) in [5, 5.41) is 36.4. The van der Waals surface area contributed by atoms with Gasteiger partial charge in [-0.25, -0.2) is 4.79 Å². The number of nitrogens with zero attached hydrogens (tertiary/aromatic N) is 6. The molecule has 0 fully saturated rings. The number of hydrogen-bond donors (Lipinski definition) is 1. The Morgan fingerprint density at radius 1 is 0.550 bits per heavy atom. The van der Waals surface area contributed by atoms with Crippen molar-refractivity contribution in [3.8, 4) is 33.4 Å². The van der Waals surface area contributed by atoms with Crippen molar-refractivity contribution in [1.82, 2.24) is 30.6 Å². The van der Waals surface area contributed by atoms with Gasteiger partial charge in [0, 0.05) is 32.8 Å².